The van der Waals surface area contributed by atoms with Crippen molar-refractivity contribution in [2.75, 3.05) is 12.8 Å². The highest BCUT2D eigenvalue weighted by Crippen LogP contribution is 2.35. The van der Waals surface area contributed by atoms with Gasteiger partial charge in [0.05, 0.1) is 11.1 Å². The van der Waals surface area contributed by atoms with Gasteiger partial charge >= 0.3 is 6.03 Å². The van der Waals surface area contributed by atoms with Crippen LogP contribution in [0.1, 0.15) is 17.3 Å². The molecule has 2 amide bonds. The Hall–Kier alpha value is -2.06. The first-order valence-corrected chi connectivity index (χ1v) is 8.09. The predicted octanol–water partition coefficient (Wildman–Crippen LogP) is 0.981. The first kappa shape index (κ1) is 14.9. The molecule has 2 aromatic rings. The first-order chi connectivity index (χ1) is 10.4. The Morgan fingerprint density at radius 2 is 2.23 bits per heavy atom. The average molecular weight is 323 g/mol. The molecule has 0 aliphatic carbocycles. The van der Waals surface area contributed by atoms with Gasteiger partial charge in [-0.05, 0) is 28.7 Å². The third-order valence-electron chi connectivity index (χ3n) is 3.90. The van der Waals surface area contributed by atoms with Gasteiger partial charge in [0.15, 0.2) is 0 Å². The number of nitrogens with one attached hydrogen (secondary N) is 1. The summed E-state index contributed by atoms with van der Waals surface area (Å²) >= 11 is -1.22. The average Bonchev–Trinajstić information content (AvgIpc) is 2.45. The minimum absolute atomic E-state index is 0.195. The SMILES string of the molecule is CN(C(N)=O)C1C[S+]([O-])Cc2[nH]c(=O)c3cc(F)ccc3c21. The van der Waals surface area contributed by atoms with Crippen LogP contribution in [0.3, 0.4) is 0 Å². The van der Waals surface area contributed by atoms with Crippen molar-refractivity contribution in [3.8, 4) is 0 Å². The van der Waals surface area contributed by atoms with E-state index in [1.165, 1.54) is 24.1 Å². The lowest BCUT2D eigenvalue weighted by molar-refractivity contribution is 0.204. The minimum atomic E-state index is -1.22. The van der Waals surface area contributed by atoms with Crippen molar-refractivity contribution in [3.05, 3.63) is 45.6 Å². The van der Waals surface area contributed by atoms with Crippen molar-refractivity contribution in [2.24, 2.45) is 5.73 Å². The van der Waals surface area contributed by atoms with Crippen molar-refractivity contribution in [2.45, 2.75) is 11.8 Å². The standard InChI is InChI=1S/C14H14FN3O3S/c1-18(14(16)20)11-6-22(21)5-10-12(11)8-3-2-7(15)4-9(8)13(19)17-10/h2-4,11H,5-6H2,1H3,(H2,16,20)(H,17,19). The molecule has 8 heteroatoms. The smallest absolute Gasteiger partial charge is 0.315 e. The highest BCUT2D eigenvalue weighted by Gasteiger charge is 2.35. The van der Waals surface area contributed by atoms with Crippen LogP contribution in [0.4, 0.5) is 9.18 Å². The molecule has 3 rings (SSSR count). The fraction of sp³-hybridized carbons (Fsp3) is 0.286. The van der Waals surface area contributed by atoms with Gasteiger partial charge in [-0.1, -0.05) is 6.07 Å². The zero-order valence-electron chi connectivity index (χ0n) is 11.8. The zero-order chi connectivity index (χ0) is 16.0. The normalized spacial score (nSPS) is 20.7. The van der Waals surface area contributed by atoms with Gasteiger partial charge in [0, 0.05) is 12.6 Å². The number of carbonyl (C=O) groups excluding carboxylic acids is 1. The number of fused-ring (bicyclic) bond motifs is 3. The first-order valence-electron chi connectivity index (χ1n) is 6.60. The predicted molar refractivity (Wildman–Crippen MR) is 81.3 cm³/mol. The maximum absolute atomic E-state index is 13.4. The highest BCUT2D eigenvalue weighted by molar-refractivity contribution is 7.90. The molecule has 0 bridgehead atoms. The molecule has 116 valence electrons. The summed E-state index contributed by atoms with van der Waals surface area (Å²) in [6.45, 7) is 0. The fourth-order valence-electron chi connectivity index (χ4n) is 2.81. The molecule has 2 atom stereocenters. The van der Waals surface area contributed by atoms with Gasteiger partial charge in [-0.25, -0.2) is 9.18 Å². The second kappa shape index (κ2) is 5.29. The summed E-state index contributed by atoms with van der Waals surface area (Å²) in [6.07, 6.45) is 0. The van der Waals surface area contributed by atoms with Crippen molar-refractivity contribution in [1.82, 2.24) is 9.88 Å². The summed E-state index contributed by atoms with van der Waals surface area (Å²) in [7, 11) is 1.51. The van der Waals surface area contributed by atoms with Crippen LogP contribution in [-0.4, -0.2) is 33.3 Å². The number of carbonyl (C=O) groups is 1. The van der Waals surface area contributed by atoms with Crippen LogP contribution in [0.25, 0.3) is 10.8 Å². The van der Waals surface area contributed by atoms with Crippen molar-refractivity contribution < 1.29 is 13.7 Å². The molecular formula is C14H14FN3O3S. The van der Waals surface area contributed by atoms with Gasteiger partial charge in [-0.3, -0.25) is 4.79 Å². The lowest BCUT2D eigenvalue weighted by Crippen LogP contribution is -2.42. The van der Waals surface area contributed by atoms with E-state index in [9.17, 15) is 18.5 Å². The minimum Gasteiger partial charge on any atom is -0.616 e. The van der Waals surface area contributed by atoms with Crippen LogP contribution in [0.5, 0.6) is 0 Å². The lowest BCUT2D eigenvalue weighted by atomic mass is 9.98. The second-order valence-corrected chi connectivity index (χ2v) is 6.75. The maximum atomic E-state index is 13.4. The number of primary amides is 1. The van der Waals surface area contributed by atoms with Gasteiger partial charge in [0.2, 0.25) is 0 Å². The Labute approximate surface area is 128 Å². The summed E-state index contributed by atoms with van der Waals surface area (Å²) < 4.78 is 25.4. The number of nitrogens with zero attached hydrogens (tertiary/aromatic N) is 1. The van der Waals surface area contributed by atoms with E-state index in [0.717, 1.165) is 6.07 Å². The summed E-state index contributed by atoms with van der Waals surface area (Å²) in [5.41, 5.74) is 6.07. The third-order valence-corrected chi connectivity index (χ3v) is 5.20. The summed E-state index contributed by atoms with van der Waals surface area (Å²) in [4.78, 5) is 27.5. The van der Waals surface area contributed by atoms with Crippen LogP contribution < -0.4 is 11.3 Å². The number of urea groups is 1. The van der Waals surface area contributed by atoms with E-state index < -0.39 is 34.6 Å². The van der Waals surface area contributed by atoms with Gasteiger partial charge in [-0.2, -0.15) is 0 Å². The van der Waals surface area contributed by atoms with Crippen molar-refractivity contribution in [1.29, 1.82) is 0 Å². The monoisotopic (exact) mass is 323 g/mol. The van der Waals surface area contributed by atoms with Gasteiger partial charge in [0.1, 0.15) is 23.4 Å². The van der Waals surface area contributed by atoms with Crippen LogP contribution in [-0.2, 0) is 16.9 Å². The van der Waals surface area contributed by atoms with Crippen molar-refractivity contribution in [3.63, 3.8) is 0 Å². The molecule has 1 aliphatic heterocycles. The molecule has 1 aliphatic rings. The molecular weight excluding hydrogens is 309 g/mol. The number of hydrogen-bond donors (Lipinski definition) is 2. The summed E-state index contributed by atoms with van der Waals surface area (Å²) in [5.74, 6) is -0.0940. The highest BCUT2D eigenvalue weighted by atomic mass is 32.2. The number of amides is 2. The Bertz CT molecular complexity index is 823. The number of hydrogen-bond acceptors (Lipinski definition) is 3. The number of halogens is 1. The van der Waals surface area contributed by atoms with Crippen LogP contribution in [0.2, 0.25) is 0 Å². The lowest BCUT2D eigenvalue weighted by Gasteiger charge is -2.33. The Kier molecular flexibility index (Phi) is 3.57. The van der Waals surface area contributed by atoms with Crippen LogP contribution in [0, 0.1) is 5.82 Å². The summed E-state index contributed by atoms with van der Waals surface area (Å²) in [6, 6.07) is 2.74. The molecule has 1 aromatic carbocycles. The number of H-pyrrole nitrogens is 1. The molecule has 0 saturated heterocycles. The van der Waals surface area contributed by atoms with E-state index >= 15 is 0 Å². The third kappa shape index (κ3) is 2.34. The van der Waals surface area contributed by atoms with Gasteiger partial charge in [-0.15, -0.1) is 0 Å². The van der Waals surface area contributed by atoms with E-state index in [2.05, 4.69) is 4.98 Å². The Balaban J connectivity index is 2.31. The van der Waals surface area contributed by atoms with E-state index in [1.54, 1.807) is 0 Å². The Morgan fingerprint density at radius 3 is 2.91 bits per heavy atom. The number of pyridine rings is 1. The van der Waals surface area contributed by atoms with Crippen LogP contribution in [0.15, 0.2) is 23.0 Å². The molecule has 2 heterocycles. The van der Waals surface area contributed by atoms with E-state index in [-0.39, 0.29) is 16.9 Å². The van der Waals surface area contributed by atoms with E-state index in [0.29, 0.717) is 16.6 Å². The Morgan fingerprint density at radius 1 is 1.50 bits per heavy atom. The molecule has 3 N–H and O–H groups in total. The second-order valence-electron chi connectivity index (χ2n) is 5.25. The molecule has 6 nitrogen and oxygen atoms in total. The fourth-order valence-corrected chi connectivity index (χ4v) is 4.22. The molecule has 22 heavy (non-hydrogen) atoms. The number of aromatic amines is 1. The van der Waals surface area contributed by atoms with Gasteiger partial charge < -0.3 is 20.2 Å². The number of nitrogens with two attached hydrogens (primary N) is 1. The zero-order valence-corrected chi connectivity index (χ0v) is 12.6. The van der Waals surface area contributed by atoms with Crippen molar-refractivity contribution >= 4 is 28.0 Å². The molecule has 0 saturated carbocycles. The number of benzene rings is 1. The van der Waals surface area contributed by atoms with Crippen LogP contribution >= 0.6 is 0 Å². The largest absolute Gasteiger partial charge is 0.616 e. The topological polar surface area (TPSA) is 102 Å². The maximum Gasteiger partial charge on any atom is 0.315 e. The molecule has 2 unspecified atom stereocenters. The van der Waals surface area contributed by atoms with E-state index in [1.807, 2.05) is 0 Å². The molecule has 0 radical (unpaired) electrons. The van der Waals surface area contributed by atoms with E-state index in [4.69, 9.17) is 5.73 Å². The number of rotatable bonds is 1. The molecule has 0 spiro atoms. The molecule has 0 fully saturated rings. The molecule has 1 aromatic heterocycles. The number of aromatic nitrogens is 1. The summed E-state index contributed by atoms with van der Waals surface area (Å²) in [5, 5.41) is 0.754. The van der Waals surface area contributed by atoms with Gasteiger partial charge in [0.25, 0.3) is 5.56 Å². The quantitative estimate of drug-likeness (QED) is 0.765.